The molecule has 2 aromatic carbocycles. The highest BCUT2D eigenvalue weighted by Crippen LogP contribution is 2.17. The second kappa shape index (κ2) is 9.36. The number of H-pyrrole nitrogens is 1. The summed E-state index contributed by atoms with van der Waals surface area (Å²) < 4.78 is 10.1. The van der Waals surface area contributed by atoms with E-state index in [9.17, 15) is 14.4 Å². The van der Waals surface area contributed by atoms with E-state index in [2.05, 4.69) is 10.3 Å². The third-order valence-corrected chi connectivity index (χ3v) is 4.15. The van der Waals surface area contributed by atoms with Crippen molar-refractivity contribution in [2.45, 2.75) is 6.42 Å². The largest absolute Gasteiger partial charge is 0.481 e. The van der Waals surface area contributed by atoms with E-state index in [0.29, 0.717) is 24.8 Å². The van der Waals surface area contributed by atoms with Crippen LogP contribution in [0.2, 0.25) is 0 Å². The summed E-state index contributed by atoms with van der Waals surface area (Å²) in [6.07, 6.45) is 3.22. The molecule has 0 unspecified atom stereocenters. The molecule has 7 nitrogen and oxygen atoms in total. The van der Waals surface area contributed by atoms with Gasteiger partial charge in [-0.05, 0) is 30.2 Å². The number of hydrogen-bond acceptors (Lipinski definition) is 5. The molecule has 1 heterocycles. The quantitative estimate of drug-likeness (QED) is 0.438. The lowest BCUT2D eigenvalue weighted by molar-refractivity contribution is -0.150. The van der Waals surface area contributed by atoms with Crippen LogP contribution in [0.15, 0.2) is 54.7 Å². The maximum atomic E-state index is 11.8. The topological polar surface area (TPSA) is 97.5 Å². The van der Waals surface area contributed by atoms with Crippen molar-refractivity contribution in [1.29, 1.82) is 0 Å². The highest BCUT2D eigenvalue weighted by molar-refractivity contribution is 5.84. The lowest BCUT2D eigenvalue weighted by Crippen LogP contribution is -2.31. The zero-order valence-electron chi connectivity index (χ0n) is 15.1. The van der Waals surface area contributed by atoms with Crippen LogP contribution in [0.1, 0.15) is 15.9 Å². The van der Waals surface area contributed by atoms with Crippen LogP contribution in [0.25, 0.3) is 10.9 Å². The maximum absolute atomic E-state index is 11.8. The zero-order chi connectivity index (χ0) is 19.8. The monoisotopic (exact) mass is 380 g/mol. The number of aromatic nitrogens is 1. The Balaban J connectivity index is 1.37. The van der Waals surface area contributed by atoms with E-state index in [-0.39, 0.29) is 24.9 Å². The maximum Gasteiger partial charge on any atom is 0.344 e. The number of carbonyl (C=O) groups excluding carboxylic acids is 3. The molecule has 2 N–H and O–H groups in total. The van der Waals surface area contributed by atoms with Gasteiger partial charge in [0.05, 0.1) is 5.56 Å². The summed E-state index contributed by atoms with van der Waals surface area (Å²) >= 11 is 0. The van der Waals surface area contributed by atoms with Crippen LogP contribution < -0.4 is 10.1 Å². The van der Waals surface area contributed by atoms with Gasteiger partial charge in [0, 0.05) is 23.6 Å². The van der Waals surface area contributed by atoms with Crippen LogP contribution in [0.4, 0.5) is 0 Å². The van der Waals surface area contributed by atoms with Gasteiger partial charge in [0.1, 0.15) is 5.75 Å². The summed E-state index contributed by atoms with van der Waals surface area (Å²) in [7, 11) is 0. The van der Waals surface area contributed by atoms with Crippen molar-refractivity contribution in [2.24, 2.45) is 0 Å². The van der Waals surface area contributed by atoms with Crippen LogP contribution in [0.3, 0.4) is 0 Å². The Morgan fingerprint density at radius 3 is 2.68 bits per heavy atom. The van der Waals surface area contributed by atoms with Crippen molar-refractivity contribution < 1.29 is 23.9 Å². The van der Waals surface area contributed by atoms with Crippen molar-refractivity contribution in [3.63, 3.8) is 0 Å². The molecule has 0 bridgehead atoms. The predicted molar refractivity (Wildman–Crippen MR) is 103 cm³/mol. The summed E-state index contributed by atoms with van der Waals surface area (Å²) in [5, 5.41) is 3.84. The fraction of sp³-hybridized carbons (Fsp3) is 0.190. The van der Waals surface area contributed by atoms with E-state index in [1.165, 1.54) is 0 Å². The molecule has 0 aliphatic heterocycles. The Bertz CT molecular complexity index is 980. The Labute approximate surface area is 161 Å². The molecule has 0 aliphatic carbocycles. The first-order valence-corrected chi connectivity index (χ1v) is 8.81. The third-order valence-electron chi connectivity index (χ3n) is 4.15. The second-order valence-corrected chi connectivity index (χ2v) is 6.06. The molecule has 144 valence electrons. The fourth-order valence-electron chi connectivity index (χ4n) is 2.76. The predicted octanol–water partition coefficient (Wildman–Crippen LogP) is 2.26. The summed E-state index contributed by atoms with van der Waals surface area (Å²) in [6, 6.07) is 14.5. The lowest BCUT2D eigenvalue weighted by atomic mass is 10.1. The van der Waals surface area contributed by atoms with Crippen LogP contribution in [-0.2, 0) is 20.7 Å². The van der Waals surface area contributed by atoms with Crippen molar-refractivity contribution >= 4 is 29.1 Å². The standard InChI is InChI=1S/C21H20N2O5/c24-12-16-5-1-4-8-19(16)27-14-21(26)28-13-20(25)22-10-9-15-11-23-18-7-3-2-6-17(15)18/h1-8,11-12,23H,9-10,13-14H2,(H,22,25). The van der Waals surface area contributed by atoms with Gasteiger partial charge in [-0.3, -0.25) is 9.59 Å². The van der Waals surface area contributed by atoms with Crippen LogP contribution in [0, 0.1) is 0 Å². The minimum absolute atomic E-state index is 0.289. The van der Waals surface area contributed by atoms with Gasteiger partial charge in [-0.25, -0.2) is 4.79 Å². The Morgan fingerprint density at radius 2 is 1.82 bits per heavy atom. The molecule has 0 spiro atoms. The Hall–Kier alpha value is -3.61. The molecule has 0 radical (unpaired) electrons. The molecule has 7 heteroatoms. The first-order chi connectivity index (χ1) is 13.7. The van der Waals surface area contributed by atoms with Gasteiger partial charge in [0.15, 0.2) is 19.5 Å². The van der Waals surface area contributed by atoms with E-state index >= 15 is 0 Å². The first kappa shape index (κ1) is 19.2. The summed E-state index contributed by atoms with van der Waals surface area (Å²) in [4.78, 5) is 37.6. The van der Waals surface area contributed by atoms with E-state index in [4.69, 9.17) is 9.47 Å². The molecule has 28 heavy (non-hydrogen) atoms. The van der Waals surface area contributed by atoms with E-state index in [0.717, 1.165) is 16.5 Å². The van der Waals surface area contributed by atoms with Crippen molar-refractivity contribution in [2.75, 3.05) is 19.8 Å². The molecule has 0 aliphatic rings. The summed E-state index contributed by atoms with van der Waals surface area (Å²) in [5.41, 5.74) is 2.49. The number of para-hydroxylation sites is 2. The highest BCUT2D eigenvalue weighted by Gasteiger charge is 2.10. The minimum atomic E-state index is -0.688. The molecule has 1 amide bonds. The van der Waals surface area contributed by atoms with Crippen LogP contribution in [0.5, 0.6) is 5.75 Å². The second-order valence-electron chi connectivity index (χ2n) is 6.06. The molecule has 3 rings (SSSR count). The zero-order valence-corrected chi connectivity index (χ0v) is 15.1. The molecule has 0 saturated carbocycles. The van der Waals surface area contributed by atoms with Crippen LogP contribution in [-0.4, -0.2) is 42.9 Å². The number of carbonyl (C=O) groups is 3. The van der Waals surface area contributed by atoms with Crippen molar-refractivity contribution in [3.05, 3.63) is 65.9 Å². The average Bonchev–Trinajstić information content (AvgIpc) is 3.14. The van der Waals surface area contributed by atoms with Gasteiger partial charge >= 0.3 is 5.97 Å². The van der Waals surface area contributed by atoms with E-state index in [1.807, 2.05) is 30.5 Å². The number of nitrogens with one attached hydrogen (secondary N) is 2. The molecule has 0 atom stereocenters. The molecular weight excluding hydrogens is 360 g/mol. The van der Waals surface area contributed by atoms with Crippen LogP contribution >= 0.6 is 0 Å². The normalized spacial score (nSPS) is 10.4. The van der Waals surface area contributed by atoms with Gasteiger partial charge in [-0.2, -0.15) is 0 Å². The number of hydrogen-bond donors (Lipinski definition) is 2. The molecule has 3 aromatic rings. The number of rotatable bonds is 9. The summed E-state index contributed by atoms with van der Waals surface area (Å²) in [5.74, 6) is -0.786. The number of amides is 1. The van der Waals surface area contributed by atoms with E-state index in [1.54, 1.807) is 24.3 Å². The van der Waals surface area contributed by atoms with Gasteiger partial charge in [-0.15, -0.1) is 0 Å². The molecular formula is C21H20N2O5. The fourth-order valence-corrected chi connectivity index (χ4v) is 2.76. The molecule has 1 aromatic heterocycles. The molecule has 0 fully saturated rings. The number of ether oxygens (including phenoxy) is 2. The van der Waals surface area contributed by atoms with Gasteiger partial charge in [0.2, 0.25) is 0 Å². The van der Waals surface area contributed by atoms with Gasteiger partial charge in [-0.1, -0.05) is 30.3 Å². The highest BCUT2D eigenvalue weighted by atomic mass is 16.6. The minimum Gasteiger partial charge on any atom is -0.481 e. The number of benzene rings is 2. The third kappa shape index (κ3) is 4.97. The van der Waals surface area contributed by atoms with Crippen molar-refractivity contribution in [3.8, 4) is 5.75 Å². The average molecular weight is 380 g/mol. The van der Waals surface area contributed by atoms with E-state index < -0.39 is 5.97 Å². The SMILES string of the molecule is O=Cc1ccccc1OCC(=O)OCC(=O)NCCc1c[nH]c2ccccc12. The Kier molecular flexibility index (Phi) is 6.41. The Morgan fingerprint density at radius 1 is 1.04 bits per heavy atom. The van der Waals surface area contributed by atoms with Crippen molar-refractivity contribution in [1.82, 2.24) is 10.3 Å². The smallest absolute Gasteiger partial charge is 0.344 e. The van der Waals surface area contributed by atoms with Gasteiger partial charge in [0.25, 0.3) is 5.91 Å². The first-order valence-electron chi connectivity index (χ1n) is 8.81. The lowest BCUT2D eigenvalue weighted by Gasteiger charge is -2.09. The number of esters is 1. The molecule has 0 saturated heterocycles. The summed E-state index contributed by atoms with van der Waals surface area (Å²) in [6.45, 7) is -0.333. The number of aldehydes is 1. The number of aromatic amines is 1. The number of fused-ring (bicyclic) bond motifs is 1. The van der Waals surface area contributed by atoms with Gasteiger partial charge < -0.3 is 19.8 Å².